The minimum absolute atomic E-state index is 0.0258. The number of amides is 2. The normalized spacial score (nSPS) is 14.4. The quantitative estimate of drug-likeness (QED) is 0.582. The first kappa shape index (κ1) is 18.8. The number of nitrogens with zero attached hydrogens (tertiary/aromatic N) is 2. The first-order valence-electron chi connectivity index (χ1n) is 8.65. The number of carbonyl (C=O) groups is 2. The van der Waals surface area contributed by atoms with E-state index in [-0.39, 0.29) is 11.8 Å². The van der Waals surface area contributed by atoms with Crippen molar-refractivity contribution >= 4 is 40.0 Å². The summed E-state index contributed by atoms with van der Waals surface area (Å²) >= 11 is 2.62. The van der Waals surface area contributed by atoms with Gasteiger partial charge >= 0.3 is 0 Å². The molecule has 2 aromatic rings. The fraction of sp³-hybridized carbons (Fsp3) is 0.444. The van der Waals surface area contributed by atoms with Gasteiger partial charge in [0.1, 0.15) is 0 Å². The SMILES string of the molecule is Cc1ccc(C(=O)Nc2nnc(SCC(=O)NC3CCCC3)s2)cc1C. The molecule has 8 heteroatoms. The third-order valence-electron chi connectivity index (χ3n) is 4.44. The summed E-state index contributed by atoms with van der Waals surface area (Å²) in [6.45, 7) is 3.98. The van der Waals surface area contributed by atoms with Crippen molar-refractivity contribution in [3.63, 3.8) is 0 Å². The molecule has 1 fully saturated rings. The Bertz CT molecular complexity index is 800. The number of rotatable bonds is 6. The first-order valence-corrected chi connectivity index (χ1v) is 10.5. The molecule has 0 atom stereocenters. The minimum atomic E-state index is -0.209. The van der Waals surface area contributed by atoms with Crippen LogP contribution in [0.4, 0.5) is 5.13 Å². The van der Waals surface area contributed by atoms with Crippen LogP contribution in [0, 0.1) is 13.8 Å². The van der Waals surface area contributed by atoms with Crippen LogP contribution in [-0.4, -0.2) is 33.8 Å². The van der Waals surface area contributed by atoms with Crippen molar-refractivity contribution in [1.82, 2.24) is 15.5 Å². The molecule has 0 aliphatic heterocycles. The van der Waals surface area contributed by atoms with E-state index in [4.69, 9.17) is 0 Å². The highest BCUT2D eigenvalue weighted by Crippen LogP contribution is 2.26. The van der Waals surface area contributed by atoms with Crippen LogP contribution in [0.15, 0.2) is 22.5 Å². The van der Waals surface area contributed by atoms with Gasteiger partial charge in [-0.05, 0) is 49.9 Å². The van der Waals surface area contributed by atoms with Crippen molar-refractivity contribution in [3.8, 4) is 0 Å². The van der Waals surface area contributed by atoms with Crippen LogP contribution in [0.5, 0.6) is 0 Å². The maximum absolute atomic E-state index is 12.3. The second kappa shape index (κ2) is 8.64. The molecule has 2 N–H and O–H groups in total. The predicted octanol–water partition coefficient (Wildman–Crippen LogP) is 3.56. The molecule has 0 saturated heterocycles. The van der Waals surface area contributed by atoms with Crippen LogP contribution in [0.1, 0.15) is 47.2 Å². The molecule has 26 heavy (non-hydrogen) atoms. The van der Waals surface area contributed by atoms with Gasteiger partial charge in [-0.25, -0.2) is 0 Å². The number of carbonyl (C=O) groups excluding carboxylic acids is 2. The highest BCUT2D eigenvalue weighted by atomic mass is 32.2. The largest absolute Gasteiger partial charge is 0.353 e. The van der Waals surface area contributed by atoms with Crippen LogP contribution >= 0.6 is 23.1 Å². The molecule has 1 heterocycles. The molecule has 1 aromatic heterocycles. The second-order valence-electron chi connectivity index (χ2n) is 6.46. The summed E-state index contributed by atoms with van der Waals surface area (Å²) in [5.74, 6) is 0.133. The molecule has 2 amide bonds. The van der Waals surface area contributed by atoms with Gasteiger partial charge in [-0.2, -0.15) is 0 Å². The highest BCUT2D eigenvalue weighted by Gasteiger charge is 2.18. The third kappa shape index (κ3) is 5.04. The zero-order chi connectivity index (χ0) is 18.5. The fourth-order valence-corrected chi connectivity index (χ4v) is 4.40. The average Bonchev–Trinajstić information content (AvgIpc) is 3.27. The zero-order valence-corrected chi connectivity index (χ0v) is 16.5. The molecular weight excluding hydrogens is 368 g/mol. The van der Waals surface area contributed by atoms with Crippen molar-refractivity contribution in [2.24, 2.45) is 0 Å². The Balaban J connectivity index is 1.50. The van der Waals surface area contributed by atoms with Crippen LogP contribution in [0.25, 0.3) is 0 Å². The van der Waals surface area contributed by atoms with Crippen molar-refractivity contribution in [3.05, 3.63) is 34.9 Å². The molecule has 0 unspecified atom stereocenters. The van der Waals surface area contributed by atoms with Gasteiger partial charge in [-0.1, -0.05) is 42.0 Å². The maximum Gasteiger partial charge on any atom is 0.257 e. The second-order valence-corrected chi connectivity index (χ2v) is 8.66. The van der Waals surface area contributed by atoms with E-state index < -0.39 is 0 Å². The van der Waals surface area contributed by atoms with Crippen molar-refractivity contribution < 1.29 is 9.59 Å². The number of hydrogen-bond acceptors (Lipinski definition) is 6. The number of benzene rings is 1. The average molecular weight is 391 g/mol. The zero-order valence-electron chi connectivity index (χ0n) is 14.9. The number of hydrogen-bond donors (Lipinski definition) is 2. The van der Waals surface area contributed by atoms with Crippen molar-refractivity contribution in [1.29, 1.82) is 0 Å². The van der Waals surface area contributed by atoms with Gasteiger partial charge in [-0.15, -0.1) is 10.2 Å². The van der Waals surface area contributed by atoms with Gasteiger partial charge in [0.05, 0.1) is 5.75 Å². The summed E-state index contributed by atoms with van der Waals surface area (Å²) in [6.07, 6.45) is 4.53. The van der Waals surface area contributed by atoms with Crippen molar-refractivity contribution in [2.45, 2.75) is 49.9 Å². The standard InChI is InChI=1S/C18H22N4O2S2/c1-11-7-8-13(9-12(11)2)16(24)20-17-21-22-18(26-17)25-10-15(23)19-14-5-3-4-6-14/h7-9,14H,3-6,10H2,1-2H3,(H,19,23)(H,20,21,24). The van der Waals surface area contributed by atoms with Crippen LogP contribution < -0.4 is 10.6 Å². The van der Waals surface area contributed by atoms with E-state index in [0.717, 1.165) is 24.0 Å². The topological polar surface area (TPSA) is 84.0 Å². The lowest BCUT2D eigenvalue weighted by molar-refractivity contribution is -0.119. The molecule has 1 saturated carbocycles. The van der Waals surface area contributed by atoms with E-state index in [0.29, 0.717) is 26.8 Å². The molecule has 0 spiro atoms. The predicted molar refractivity (Wildman–Crippen MR) is 105 cm³/mol. The summed E-state index contributed by atoms with van der Waals surface area (Å²) in [6, 6.07) is 5.90. The fourth-order valence-electron chi connectivity index (χ4n) is 2.84. The van der Waals surface area contributed by atoms with E-state index in [2.05, 4.69) is 20.8 Å². The van der Waals surface area contributed by atoms with E-state index in [1.54, 1.807) is 6.07 Å². The van der Waals surface area contributed by atoms with Crippen LogP contribution in [0.2, 0.25) is 0 Å². The Morgan fingerprint density at radius 2 is 1.96 bits per heavy atom. The molecule has 6 nitrogen and oxygen atoms in total. The molecule has 1 aliphatic rings. The molecule has 0 radical (unpaired) electrons. The summed E-state index contributed by atoms with van der Waals surface area (Å²) in [4.78, 5) is 24.3. The van der Waals surface area contributed by atoms with Gasteiger partial charge in [-0.3, -0.25) is 14.9 Å². The molecule has 1 aliphatic carbocycles. The smallest absolute Gasteiger partial charge is 0.257 e. The third-order valence-corrected chi connectivity index (χ3v) is 6.42. The first-order chi connectivity index (χ1) is 12.5. The lowest BCUT2D eigenvalue weighted by Gasteiger charge is -2.10. The molecule has 138 valence electrons. The van der Waals surface area contributed by atoms with Gasteiger partial charge in [0.25, 0.3) is 5.91 Å². The number of thioether (sulfide) groups is 1. The Labute approximate surface area is 161 Å². The van der Waals surface area contributed by atoms with Crippen molar-refractivity contribution in [2.75, 3.05) is 11.1 Å². The number of nitrogens with one attached hydrogen (secondary N) is 2. The number of aryl methyl sites for hydroxylation is 2. The number of anilines is 1. The summed E-state index contributed by atoms with van der Waals surface area (Å²) in [7, 11) is 0. The Morgan fingerprint density at radius 1 is 1.19 bits per heavy atom. The van der Waals surface area contributed by atoms with Crippen LogP contribution in [0.3, 0.4) is 0 Å². The van der Waals surface area contributed by atoms with Gasteiger partial charge in [0.15, 0.2) is 4.34 Å². The summed E-state index contributed by atoms with van der Waals surface area (Å²) in [5, 5.41) is 14.3. The Morgan fingerprint density at radius 3 is 2.69 bits per heavy atom. The van der Waals surface area contributed by atoms with Gasteiger partial charge in [0, 0.05) is 11.6 Å². The van der Waals surface area contributed by atoms with E-state index in [1.165, 1.54) is 35.9 Å². The lowest BCUT2D eigenvalue weighted by Crippen LogP contribution is -2.33. The van der Waals surface area contributed by atoms with Gasteiger partial charge in [0.2, 0.25) is 11.0 Å². The Hall–Kier alpha value is -1.93. The molecule has 3 rings (SSSR count). The number of aromatic nitrogens is 2. The summed E-state index contributed by atoms with van der Waals surface area (Å²) in [5.41, 5.74) is 2.81. The highest BCUT2D eigenvalue weighted by molar-refractivity contribution is 8.01. The molecular formula is C18H22N4O2S2. The maximum atomic E-state index is 12.3. The molecule has 1 aromatic carbocycles. The van der Waals surface area contributed by atoms with E-state index in [9.17, 15) is 9.59 Å². The van der Waals surface area contributed by atoms with E-state index in [1.807, 2.05) is 26.0 Å². The summed E-state index contributed by atoms with van der Waals surface area (Å²) < 4.78 is 0.668. The molecule has 0 bridgehead atoms. The van der Waals surface area contributed by atoms with Gasteiger partial charge < -0.3 is 5.32 Å². The van der Waals surface area contributed by atoms with Crippen LogP contribution in [-0.2, 0) is 4.79 Å². The minimum Gasteiger partial charge on any atom is -0.353 e. The monoisotopic (exact) mass is 390 g/mol. The van der Waals surface area contributed by atoms with E-state index >= 15 is 0 Å². The lowest BCUT2D eigenvalue weighted by atomic mass is 10.1. The Kier molecular flexibility index (Phi) is 6.26.